The number of carbonyl (C=O) groups excluding carboxylic acids is 1. The van der Waals surface area contributed by atoms with Crippen molar-refractivity contribution in [2.45, 2.75) is 6.92 Å². The Kier molecular flexibility index (Phi) is 3.47. The van der Waals surface area contributed by atoms with Gasteiger partial charge < -0.3 is 9.73 Å². The maximum atomic E-state index is 12.1. The molecule has 5 nitrogen and oxygen atoms in total. The summed E-state index contributed by atoms with van der Waals surface area (Å²) in [6.45, 7) is 1.86. The molecule has 104 valence electrons. The average Bonchev–Trinajstić information content (AvgIpc) is 2.98. The van der Waals surface area contributed by atoms with Gasteiger partial charge in [-0.05, 0) is 31.2 Å². The summed E-state index contributed by atoms with van der Waals surface area (Å²) >= 11 is 0. The summed E-state index contributed by atoms with van der Waals surface area (Å²) in [7, 11) is 0. The zero-order valence-corrected chi connectivity index (χ0v) is 11.4. The van der Waals surface area contributed by atoms with Gasteiger partial charge in [-0.25, -0.2) is 4.98 Å². The molecule has 1 aromatic carbocycles. The standard InChI is InChI=1S/C16H13N3O2/c1-11-9-13(7-8-17-11)19-15(20)14-10-18-16(21-14)12-5-3-2-4-6-12/h2-10H,1H3,(H,17,19,20). The van der Waals surface area contributed by atoms with Crippen LogP contribution in [0.4, 0.5) is 5.69 Å². The lowest BCUT2D eigenvalue weighted by molar-refractivity contribution is 0.0997. The van der Waals surface area contributed by atoms with Crippen molar-refractivity contribution < 1.29 is 9.21 Å². The van der Waals surface area contributed by atoms with Crippen LogP contribution in [-0.2, 0) is 0 Å². The summed E-state index contributed by atoms with van der Waals surface area (Å²) < 4.78 is 5.50. The van der Waals surface area contributed by atoms with Gasteiger partial charge in [0.15, 0.2) is 0 Å². The van der Waals surface area contributed by atoms with Gasteiger partial charge in [0.2, 0.25) is 11.7 Å². The third kappa shape index (κ3) is 2.97. The third-order valence-electron chi connectivity index (χ3n) is 2.90. The Hall–Kier alpha value is -2.95. The molecule has 2 heterocycles. The van der Waals surface area contributed by atoms with E-state index >= 15 is 0 Å². The molecule has 0 spiro atoms. The molecule has 21 heavy (non-hydrogen) atoms. The predicted octanol–water partition coefficient (Wildman–Crippen LogP) is 3.30. The maximum absolute atomic E-state index is 12.1. The van der Waals surface area contributed by atoms with E-state index in [0.717, 1.165) is 11.3 Å². The normalized spacial score (nSPS) is 10.3. The van der Waals surface area contributed by atoms with Crippen LogP contribution in [0.1, 0.15) is 16.2 Å². The lowest BCUT2D eigenvalue weighted by atomic mass is 10.2. The fraction of sp³-hybridized carbons (Fsp3) is 0.0625. The van der Waals surface area contributed by atoms with Gasteiger partial charge in [-0.1, -0.05) is 18.2 Å². The largest absolute Gasteiger partial charge is 0.431 e. The van der Waals surface area contributed by atoms with Crippen molar-refractivity contribution >= 4 is 11.6 Å². The summed E-state index contributed by atoms with van der Waals surface area (Å²) in [5.74, 6) is 0.255. The fourth-order valence-corrected chi connectivity index (χ4v) is 1.91. The van der Waals surface area contributed by atoms with Crippen LogP contribution in [0.25, 0.3) is 11.5 Å². The molecule has 0 saturated carbocycles. The Balaban J connectivity index is 1.78. The van der Waals surface area contributed by atoms with Crippen molar-refractivity contribution in [2.24, 2.45) is 0 Å². The number of hydrogen-bond donors (Lipinski definition) is 1. The molecular weight excluding hydrogens is 266 g/mol. The molecule has 0 fully saturated rings. The van der Waals surface area contributed by atoms with Crippen LogP contribution in [0.3, 0.4) is 0 Å². The summed E-state index contributed by atoms with van der Waals surface area (Å²) in [4.78, 5) is 20.3. The van der Waals surface area contributed by atoms with E-state index in [0.29, 0.717) is 11.6 Å². The molecule has 0 radical (unpaired) electrons. The first kappa shape index (κ1) is 13.1. The minimum atomic E-state index is -0.338. The van der Waals surface area contributed by atoms with Gasteiger partial charge >= 0.3 is 0 Å². The molecule has 3 rings (SSSR count). The highest BCUT2D eigenvalue weighted by atomic mass is 16.4. The number of nitrogens with one attached hydrogen (secondary N) is 1. The number of carbonyl (C=O) groups is 1. The van der Waals surface area contributed by atoms with Crippen LogP contribution in [0.2, 0.25) is 0 Å². The van der Waals surface area contributed by atoms with Crippen molar-refractivity contribution in [3.8, 4) is 11.5 Å². The molecule has 2 aromatic heterocycles. The molecule has 0 aliphatic carbocycles. The van der Waals surface area contributed by atoms with Gasteiger partial charge in [0.25, 0.3) is 5.91 Å². The molecule has 0 unspecified atom stereocenters. The van der Waals surface area contributed by atoms with E-state index in [1.54, 1.807) is 18.3 Å². The van der Waals surface area contributed by atoms with Gasteiger partial charge in [0, 0.05) is 23.1 Å². The van der Waals surface area contributed by atoms with Crippen molar-refractivity contribution in [3.63, 3.8) is 0 Å². The summed E-state index contributed by atoms with van der Waals surface area (Å²) in [5, 5.41) is 2.75. The molecular formula is C16H13N3O2. The summed E-state index contributed by atoms with van der Waals surface area (Å²) in [5.41, 5.74) is 2.33. The number of aryl methyl sites for hydroxylation is 1. The van der Waals surface area contributed by atoms with E-state index in [2.05, 4.69) is 15.3 Å². The van der Waals surface area contributed by atoms with E-state index in [4.69, 9.17) is 4.42 Å². The lowest BCUT2D eigenvalue weighted by Gasteiger charge is -2.02. The molecule has 0 aliphatic rings. The Morgan fingerprint density at radius 2 is 1.95 bits per heavy atom. The first-order valence-electron chi connectivity index (χ1n) is 6.47. The Morgan fingerprint density at radius 3 is 2.71 bits per heavy atom. The SMILES string of the molecule is Cc1cc(NC(=O)c2cnc(-c3ccccc3)o2)ccn1. The Morgan fingerprint density at radius 1 is 1.14 bits per heavy atom. The second-order valence-electron chi connectivity index (χ2n) is 4.54. The number of anilines is 1. The molecule has 0 atom stereocenters. The van der Waals surface area contributed by atoms with Crippen LogP contribution >= 0.6 is 0 Å². The zero-order chi connectivity index (χ0) is 14.7. The van der Waals surface area contributed by atoms with Crippen molar-refractivity contribution in [1.82, 2.24) is 9.97 Å². The lowest BCUT2D eigenvalue weighted by Crippen LogP contribution is -2.11. The van der Waals surface area contributed by atoms with Gasteiger partial charge in [-0.15, -0.1) is 0 Å². The molecule has 5 heteroatoms. The smallest absolute Gasteiger partial charge is 0.293 e. The van der Waals surface area contributed by atoms with Crippen LogP contribution in [-0.4, -0.2) is 15.9 Å². The van der Waals surface area contributed by atoms with Gasteiger partial charge in [0.05, 0.1) is 6.20 Å². The molecule has 0 saturated heterocycles. The highest BCUT2D eigenvalue weighted by molar-refractivity contribution is 6.02. The summed E-state index contributed by atoms with van der Waals surface area (Å²) in [6.07, 6.45) is 3.06. The first-order chi connectivity index (χ1) is 10.2. The maximum Gasteiger partial charge on any atom is 0.293 e. The second-order valence-corrected chi connectivity index (χ2v) is 4.54. The minimum absolute atomic E-state index is 0.170. The van der Waals surface area contributed by atoms with Crippen LogP contribution in [0.15, 0.2) is 59.3 Å². The average molecular weight is 279 g/mol. The molecule has 1 amide bonds. The van der Waals surface area contributed by atoms with Crippen molar-refractivity contribution in [1.29, 1.82) is 0 Å². The second kappa shape index (κ2) is 5.58. The molecule has 3 aromatic rings. The molecule has 0 bridgehead atoms. The number of benzene rings is 1. The quantitative estimate of drug-likeness (QED) is 0.798. The van der Waals surface area contributed by atoms with E-state index < -0.39 is 0 Å². The monoisotopic (exact) mass is 279 g/mol. The third-order valence-corrected chi connectivity index (χ3v) is 2.90. The fourth-order valence-electron chi connectivity index (χ4n) is 1.91. The number of oxazole rings is 1. The molecule has 1 N–H and O–H groups in total. The number of amides is 1. The highest BCUT2D eigenvalue weighted by Crippen LogP contribution is 2.19. The van der Waals surface area contributed by atoms with Gasteiger partial charge in [-0.3, -0.25) is 9.78 Å². The van der Waals surface area contributed by atoms with E-state index in [9.17, 15) is 4.79 Å². The predicted molar refractivity (Wildman–Crippen MR) is 78.9 cm³/mol. The van der Waals surface area contributed by atoms with Crippen LogP contribution < -0.4 is 5.32 Å². The Bertz CT molecular complexity index is 766. The first-order valence-corrected chi connectivity index (χ1v) is 6.47. The van der Waals surface area contributed by atoms with E-state index in [1.165, 1.54) is 6.20 Å². The van der Waals surface area contributed by atoms with Gasteiger partial charge in [-0.2, -0.15) is 0 Å². The summed E-state index contributed by atoms with van der Waals surface area (Å²) in [6, 6.07) is 12.9. The number of pyridine rings is 1. The van der Waals surface area contributed by atoms with Crippen molar-refractivity contribution in [2.75, 3.05) is 5.32 Å². The molecule has 0 aliphatic heterocycles. The van der Waals surface area contributed by atoms with Crippen molar-refractivity contribution in [3.05, 3.63) is 66.3 Å². The van der Waals surface area contributed by atoms with E-state index in [1.807, 2.05) is 37.3 Å². The number of rotatable bonds is 3. The topological polar surface area (TPSA) is 68.0 Å². The number of nitrogens with zero attached hydrogens (tertiary/aromatic N) is 2. The minimum Gasteiger partial charge on any atom is -0.431 e. The van der Waals surface area contributed by atoms with Gasteiger partial charge in [0.1, 0.15) is 0 Å². The number of aromatic nitrogens is 2. The number of hydrogen-bond acceptors (Lipinski definition) is 4. The van der Waals surface area contributed by atoms with Crippen LogP contribution in [0.5, 0.6) is 0 Å². The van der Waals surface area contributed by atoms with E-state index in [-0.39, 0.29) is 11.7 Å². The van der Waals surface area contributed by atoms with Crippen LogP contribution in [0, 0.1) is 6.92 Å². The Labute approximate surface area is 121 Å². The highest BCUT2D eigenvalue weighted by Gasteiger charge is 2.13. The zero-order valence-electron chi connectivity index (χ0n) is 11.4.